The molecule has 0 saturated carbocycles. The van der Waals surface area contributed by atoms with Crippen molar-refractivity contribution in [1.29, 1.82) is 0 Å². The largest absolute Gasteiger partial charge is 2.00 e. The molecule has 0 aliphatic carbocycles. The van der Waals surface area contributed by atoms with Crippen LogP contribution in [0.4, 0.5) is 0 Å². The zero-order chi connectivity index (χ0) is 39.3. The zero-order valence-electron chi connectivity index (χ0n) is 32.8. The Hall–Kier alpha value is -6.59. The van der Waals surface area contributed by atoms with Gasteiger partial charge in [-0.1, -0.05) is 151 Å². The molecule has 0 amide bonds. The van der Waals surface area contributed by atoms with E-state index in [-0.39, 0.29) is 21.1 Å². The monoisotopic (exact) mass is 967 g/mol. The summed E-state index contributed by atoms with van der Waals surface area (Å²) in [4.78, 5) is 9.92. The van der Waals surface area contributed by atoms with Crippen LogP contribution >= 0.6 is 0 Å². The van der Waals surface area contributed by atoms with Crippen molar-refractivity contribution in [3.63, 3.8) is 0 Å². The summed E-state index contributed by atoms with van der Waals surface area (Å²) < 4.78 is 11.8. The molecule has 0 bridgehead atoms. The molecule has 0 fully saturated rings. The molecule has 4 aromatic heterocycles. The van der Waals surface area contributed by atoms with Crippen LogP contribution in [0.25, 0.3) is 54.9 Å². The van der Waals surface area contributed by atoms with E-state index in [2.05, 4.69) is 199 Å². The Balaban J connectivity index is 0.00000408. The minimum absolute atomic E-state index is 0. The summed E-state index contributed by atoms with van der Waals surface area (Å²) in [6, 6.07) is 67.1. The fourth-order valence-electron chi connectivity index (χ4n) is 10.0. The average molecular weight is 968 g/mol. The first-order chi connectivity index (χ1) is 29.0. The second-order valence-electron chi connectivity index (χ2n) is 16.0. The van der Waals surface area contributed by atoms with E-state index >= 15 is 0 Å². The number of aromatic nitrogens is 4. The van der Waals surface area contributed by atoms with Gasteiger partial charge in [-0.05, 0) is 62.5 Å². The number of benzene rings is 7. The van der Waals surface area contributed by atoms with Crippen LogP contribution in [-0.2, 0) is 26.5 Å². The number of rotatable bonds is 5. The fourth-order valence-corrected chi connectivity index (χ4v) is 15.0. The van der Waals surface area contributed by atoms with Gasteiger partial charge in [0.15, 0.2) is 0 Å². The van der Waals surface area contributed by atoms with E-state index in [1.54, 1.807) is 0 Å². The van der Waals surface area contributed by atoms with Crippen molar-refractivity contribution in [2.75, 3.05) is 0 Å². The molecule has 0 atom stereocenters. The van der Waals surface area contributed by atoms with Gasteiger partial charge in [0.2, 0.25) is 0 Å². The Bertz CT molecular complexity index is 3410. The number of hydrogen-bond acceptors (Lipinski definition) is 3. The molecule has 7 heteroatoms. The van der Waals surface area contributed by atoms with Gasteiger partial charge in [-0.15, -0.1) is 34.3 Å². The summed E-state index contributed by atoms with van der Waals surface area (Å²) >= 11 is 0. The van der Waals surface area contributed by atoms with E-state index in [9.17, 15) is 0 Å². The summed E-state index contributed by atoms with van der Waals surface area (Å²) in [5.41, 5.74) is 5.80. The van der Waals surface area contributed by atoms with Crippen molar-refractivity contribution in [2.45, 2.75) is 19.3 Å². The van der Waals surface area contributed by atoms with Crippen LogP contribution in [0.3, 0.4) is 0 Å². The molecule has 0 spiro atoms. The van der Waals surface area contributed by atoms with Crippen LogP contribution in [-0.4, -0.2) is 27.0 Å². The molecule has 11 aromatic rings. The Morgan fingerprint density at radius 2 is 1.27 bits per heavy atom. The SMILES string of the molecule is CC1(C)c2ccccc2Oc2c1c([Si](c1[c-]c3c(cc1)c1ccccc1n1ccnc31)(c1ccccc1)c1ccccc1)[c-]c1c2c2ccccc2n1-c1ccccn1.[Pt+2]. The van der Waals surface area contributed by atoms with Crippen molar-refractivity contribution in [1.82, 2.24) is 18.9 Å². The minimum Gasteiger partial charge on any atom is -0.482 e. The Morgan fingerprint density at radius 1 is 0.600 bits per heavy atom. The number of ether oxygens (including phenoxy) is 1. The molecule has 0 radical (unpaired) electrons. The third-order valence-corrected chi connectivity index (χ3v) is 17.2. The smallest absolute Gasteiger partial charge is 0.482 e. The Labute approximate surface area is 362 Å². The molecule has 0 unspecified atom stereocenters. The first-order valence-corrected chi connectivity index (χ1v) is 22.1. The van der Waals surface area contributed by atoms with Crippen LogP contribution in [0.15, 0.2) is 182 Å². The van der Waals surface area contributed by atoms with Gasteiger partial charge < -0.3 is 13.7 Å². The number of imidazole rings is 1. The quantitative estimate of drug-likeness (QED) is 0.0748. The van der Waals surface area contributed by atoms with Crippen molar-refractivity contribution < 1.29 is 25.8 Å². The molecule has 1 aliphatic heterocycles. The molecular formula is C53H36N4OPtSi. The molecule has 12 rings (SSSR count). The van der Waals surface area contributed by atoms with Crippen molar-refractivity contribution >= 4 is 77.9 Å². The first-order valence-electron chi connectivity index (χ1n) is 20.1. The Morgan fingerprint density at radius 3 is 2.02 bits per heavy atom. The van der Waals surface area contributed by atoms with E-state index in [1.165, 1.54) is 15.8 Å². The average Bonchev–Trinajstić information content (AvgIpc) is 3.92. The molecule has 5 heterocycles. The van der Waals surface area contributed by atoms with Gasteiger partial charge in [0.25, 0.3) is 0 Å². The maximum Gasteiger partial charge on any atom is 2.00 e. The number of fused-ring (bicyclic) bond motifs is 12. The molecule has 7 aromatic carbocycles. The molecule has 0 N–H and O–H groups in total. The molecule has 5 nitrogen and oxygen atoms in total. The topological polar surface area (TPSA) is 44.4 Å². The van der Waals surface area contributed by atoms with Gasteiger partial charge >= 0.3 is 21.1 Å². The predicted molar refractivity (Wildman–Crippen MR) is 242 cm³/mol. The van der Waals surface area contributed by atoms with Crippen molar-refractivity contribution in [2.24, 2.45) is 0 Å². The van der Waals surface area contributed by atoms with Gasteiger partial charge in [-0.25, -0.2) is 4.98 Å². The first kappa shape index (κ1) is 36.5. The third-order valence-electron chi connectivity index (χ3n) is 12.6. The standard InChI is InChI=1S/C53H36N4OSi.Pt/c1-53(2)42-23-11-14-26-46(42)58-51-49-40-22-10-13-25-44(40)57(48-27-15-16-30-54-48)45(49)34-47(50(51)53)59(35-17-5-3-6-18-35,36-19-7-4-8-20-36)37-28-29-38-39-21-9-12-24-43(39)56-32-31-55-52(56)41(38)33-37;/h3-32H,1-2H3;/q-2;+2. The molecule has 60 heavy (non-hydrogen) atoms. The molecule has 0 saturated heterocycles. The van der Waals surface area contributed by atoms with Gasteiger partial charge in [-0.2, -0.15) is 11.3 Å². The van der Waals surface area contributed by atoms with Crippen LogP contribution in [0.5, 0.6) is 11.5 Å². The minimum atomic E-state index is -3.39. The van der Waals surface area contributed by atoms with E-state index < -0.39 is 13.5 Å². The maximum atomic E-state index is 7.34. The Kier molecular flexibility index (Phi) is 8.35. The van der Waals surface area contributed by atoms with Gasteiger partial charge in [0, 0.05) is 35.4 Å². The van der Waals surface area contributed by atoms with Crippen LogP contribution < -0.4 is 25.5 Å². The molecule has 288 valence electrons. The summed E-state index contributed by atoms with van der Waals surface area (Å²) in [6.07, 6.45) is 5.82. The van der Waals surface area contributed by atoms with Crippen LogP contribution in [0.2, 0.25) is 0 Å². The number of para-hydroxylation sites is 3. The summed E-state index contributed by atoms with van der Waals surface area (Å²) in [5.74, 6) is 2.57. The maximum absolute atomic E-state index is 7.34. The summed E-state index contributed by atoms with van der Waals surface area (Å²) in [6.45, 7) is 4.71. The van der Waals surface area contributed by atoms with Gasteiger partial charge in [0.05, 0.1) is 5.65 Å². The second kappa shape index (κ2) is 13.7. The second-order valence-corrected chi connectivity index (χ2v) is 19.7. The summed E-state index contributed by atoms with van der Waals surface area (Å²) in [7, 11) is -3.39. The van der Waals surface area contributed by atoms with Crippen molar-refractivity contribution in [3.8, 4) is 17.3 Å². The van der Waals surface area contributed by atoms with Crippen LogP contribution in [0, 0.1) is 12.1 Å². The van der Waals surface area contributed by atoms with E-state index in [0.717, 1.165) is 82.6 Å². The van der Waals surface area contributed by atoms with E-state index in [1.807, 2.05) is 18.5 Å². The molecule has 1 aliphatic rings. The van der Waals surface area contributed by atoms with Crippen molar-refractivity contribution in [3.05, 3.63) is 206 Å². The van der Waals surface area contributed by atoms with Gasteiger partial charge in [-0.3, -0.25) is 4.98 Å². The van der Waals surface area contributed by atoms with Gasteiger partial charge in [0.1, 0.15) is 19.6 Å². The number of hydrogen-bond donors (Lipinski definition) is 0. The predicted octanol–water partition coefficient (Wildman–Crippen LogP) is 9.54. The van der Waals surface area contributed by atoms with E-state index in [0.29, 0.717) is 0 Å². The normalized spacial score (nSPS) is 13.3. The molecular weight excluding hydrogens is 932 g/mol. The summed E-state index contributed by atoms with van der Waals surface area (Å²) in [5, 5.41) is 10.1. The third kappa shape index (κ3) is 5.01. The van der Waals surface area contributed by atoms with Crippen LogP contribution in [0.1, 0.15) is 25.0 Å². The zero-order valence-corrected chi connectivity index (χ0v) is 36.1. The number of pyridine rings is 2. The number of nitrogens with zero attached hydrogens (tertiary/aromatic N) is 4. The fraction of sp³-hybridized carbons (Fsp3) is 0.0566. The van der Waals surface area contributed by atoms with E-state index in [4.69, 9.17) is 14.7 Å².